The molecular weight excluding hydrogens is 286 g/mol. The van der Waals surface area contributed by atoms with Crippen LogP contribution in [0, 0.1) is 5.82 Å². The van der Waals surface area contributed by atoms with Crippen molar-refractivity contribution in [2.24, 2.45) is 0 Å². The lowest BCUT2D eigenvalue weighted by Crippen LogP contribution is -2.38. The standard InChI is InChI=1S/C15H19F4NO/c16-12-7-10(6-11(8-12)15(17,18)19)9-20-13-4-2-1-3-5-14(13)21/h6-8,13-14,20-21H,1-5,9H2. The summed E-state index contributed by atoms with van der Waals surface area (Å²) >= 11 is 0. The van der Waals surface area contributed by atoms with Crippen molar-refractivity contribution < 1.29 is 22.7 Å². The van der Waals surface area contributed by atoms with Crippen LogP contribution < -0.4 is 5.32 Å². The van der Waals surface area contributed by atoms with E-state index in [4.69, 9.17) is 0 Å². The van der Waals surface area contributed by atoms with E-state index in [1.54, 1.807) is 0 Å². The highest BCUT2D eigenvalue weighted by Crippen LogP contribution is 2.30. The van der Waals surface area contributed by atoms with Crippen molar-refractivity contribution in [3.63, 3.8) is 0 Å². The van der Waals surface area contributed by atoms with Crippen LogP contribution in [0.4, 0.5) is 17.6 Å². The zero-order valence-corrected chi connectivity index (χ0v) is 11.6. The quantitative estimate of drug-likeness (QED) is 0.660. The number of halogens is 4. The SMILES string of the molecule is OC1CCCCCC1NCc1cc(F)cc(C(F)(F)F)c1. The summed E-state index contributed by atoms with van der Waals surface area (Å²) in [6, 6.07) is 2.37. The molecule has 0 bridgehead atoms. The van der Waals surface area contributed by atoms with Gasteiger partial charge in [0.1, 0.15) is 5.82 Å². The summed E-state index contributed by atoms with van der Waals surface area (Å²) in [4.78, 5) is 0. The van der Waals surface area contributed by atoms with Gasteiger partial charge in [0.25, 0.3) is 0 Å². The summed E-state index contributed by atoms with van der Waals surface area (Å²) in [6.07, 6.45) is -0.602. The van der Waals surface area contributed by atoms with Crippen LogP contribution in [-0.4, -0.2) is 17.3 Å². The molecule has 0 amide bonds. The Morgan fingerprint density at radius 3 is 2.52 bits per heavy atom. The van der Waals surface area contributed by atoms with E-state index in [9.17, 15) is 22.7 Å². The first-order chi connectivity index (χ1) is 9.86. The first-order valence-corrected chi connectivity index (χ1v) is 7.14. The van der Waals surface area contributed by atoms with Gasteiger partial charge in [0.15, 0.2) is 0 Å². The second kappa shape index (κ2) is 6.75. The van der Waals surface area contributed by atoms with Gasteiger partial charge in [-0.2, -0.15) is 13.2 Å². The maximum Gasteiger partial charge on any atom is 0.416 e. The van der Waals surface area contributed by atoms with Gasteiger partial charge in [-0.15, -0.1) is 0 Å². The van der Waals surface area contributed by atoms with Gasteiger partial charge in [-0.1, -0.05) is 19.3 Å². The zero-order valence-electron chi connectivity index (χ0n) is 11.6. The van der Waals surface area contributed by atoms with E-state index >= 15 is 0 Å². The number of hydrogen-bond donors (Lipinski definition) is 2. The van der Waals surface area contributed by atoms with Crippen LogP contribution in [0.15, 0.2) is 18.2 Å². The fraction of sp³-hybridized carbons (Fsp3) is 0.600. The molecule has 0 spiro atoms. The molecule has 2 nitrogen and oxygen atoms in total. The number of nitrogens with one attached hydrogen (secondary N) is 1. The van der Waals surface area contributed by atoms with Gasteiger partial charge < -0.3 is 10.4 Å². The van der Waals surface area contributed by atoms with Gasteiger partial charge >= 0.3 is 6.18 Å². The molecule has 1 fully saturated rings. The van der Waals surface area contributed by atoms with Crippen LogP contribution in [0.2, 0.25) is 0 Å². The molecular formula is C15H19F4NO. The molecule has 0 aromatic heterocycles. The molecule has 0 saturated heterocycles. The monoisotopic (exact) mass is 305 g/mol. The minimum absolute atomic E-state index is 0.114. The Morgan fingerprint density at radius 2 is 1.81 bits per heavy atom. The molecule has 0 heterocycles. The molecule has 21 heavy (non-hydrogen) atoms. The second-order valence-corrected chi connectivity index (χ2v) is 5.54. The van der Waals surface area contributed by atoms with Gasteiger partial charge in [0, 0.05) is 12.6 Å². The van der Waals surface area contributed by atoms with Gasteiger partial charge in [0.2, 0.25) is 0 Å². The van der Waals surface area contributed by atoms with E-state index in [-0.39, 0.29) is 18.2 Å². The first-order valence-electron chi connectivity index (χ1n) is 7.14. The van der Waals surface area contributed by atoms with Crippen LogP contribution in [-0.2, 0) is 12.7 Å². The molecule has 2 rings (SSSR count). The third-order valence-electron chi connectivity index (χ3n) is 3.83. The van der Waals surface area contributed by atoms with Gasteiger partial charge in [-0.3, -0.25) is 0 Å². The topological polar surface area (TPSA) is 32.3 Å². The molecule has 2 N–H and O–H groups in total. The van der Waals surface area contributed by atoms with E-state index in [2.05, 4.69) is 5.32 Å². The van der Waals surface area contributed by atoms with Gasteiger partial charge in [-0.25, -0.2) is 4.39 Å². The largest absolute Gasteiger partial charge is 0.416 e. The van der Waals surface area contributed by atoms with Crippen LogP contribution in [0.25, 0.3) is 0 Å². The lowest BCUT2D eigenvalue weighted by molar-refractivity contribution is -0.137. The normalized spacial score (nSPS) is 23.9. The maximum absolute atomic E-state index is 13.3. The highest BCUT2D eigenvalue weighted by atomic mass is 19.4. The summed E-state index contributed by atoms with van der Waals surface area (Å²) in [6.45, 7) is 0.114. The van der Waals surface area contributed by atoms with Crippen molar-refractivity contribution in [2.75, 3.05) is 0 Å². The predicted molar refractivity (Wildman–Crippen MR) is 71.1 cm³/mol. The fourth-order valence-electron chi connectivity index (χ4n) is 2.69. The van der Waals surface area contributed by atoms with Crippen molar-refractivity contribution in [3.05, 3.63) is 35.1 Å². The van der Waals surface area contributed by atoms with E-state index in [0.29, 0.717) is 12.5 Å². The Bertz CT molecular complexity index is 475. The molecule has 1 aliphatic rings. The molecule has 0 radical (unpaired) electrons. The predicted octanol–water partition coefficient (Wildman–Crippen LogP) is 3.63. The number of rotatable bonds is 3. The molecule has 0 aliphatic heterocycles. The Labute approximate surface area is 121 Å². The summed E-state index contributed by atoms with van der Waals surface area (Å²) in [5.41, 5.74) is -0.750. The van der Waals surface area contributed by atoms with Crippen molar-refractivity contribution in [3.8, 4) is 0 Å². The van der Waals surface area contributed by atoms with E-state index in [1.807, 2.05) is 0 Å². The number of alkyl halides is 3. The highest BCUT2D eigenvalue weighted by Gasteiger charge is 2.31. The van der Waals surface area contributed by atoms with Crippen LogP contribution in [0.5, 0.6) is 0 Å². The third-order valence-corrected chi connectivity index (χ3v) is 3.83. The Morgan fingerprint density at radius 1 is 1.10 bits per heavy atom. The Kier molecular flexibility index (Phi) is 5.22. The van der Waals surface area contributed by atoms with Gasteiger partial charge in [-0.05, 0) is 36.6 Å². The first kappa shape index (κ1) is 16.2. The Hall–Kier alpha value is -1.14. The zero-order chi connectivity index (χ0) is 15.5. The van der Waals surface area contributed by atoms with Crippen molar-refractivity contribution in [1.82, 2.24) is 5.32 Å². The van der Waals surface area contributed by atoms with Gasteiger partial charge in [0.05, 0.1) is 11.7 Å². The van der Waals surface area contributed by atoms with Crippen molar-refractivity contribution in [1.29, 1.82) is 0 Å². The number of aliphatic hydroxyl groups excluding tert-OH is 1. The molecule has 6 heteroatoms. The molecule has 2 unspecified atom stereocenters. The average molecular weight is 305 g/mol. The summed E-state index contributed by atoms with van der Waals surface area (Å²) in [5, 5.41) is 13.0. The summed E-state index contributed by atoms with van der Waals surface area (Å²) in [7, 11) is 0. The van der Waals surface area contributed by atoms with E-state index in [0.717, 1.165) is 37.8 Å². The fourth-order valence-corrected chi connectivity index (χ4v) is 2.69. The number of benzene rings is 1. The lowest BCUT2D eigenvalue weighted by atomic mass is 10.0. The third kappa shape index (κ3) is 4.68. The second-order valence-electron chi connectivity index (χ2n) is 5.54. The Balaban J connectivity index is 2.04. The molecule has 2 atom stereocenters. The van der Waals surface area contributed by atoms with Crippen LogP contribution in [0.3, 0.4) is 0 Å². The van der Waals surface area contributed by atoms with Crippen LogP contribution >= 0.6 is 0 Å². The summed E-state index contributed by atoms with van der Waals surface area (Å²) in [5.74, 6) is -0.900. The highest BCUT2D eigenvalue weighted by molar-refractivity contribution is 5.26. The van der Waals surface area contributed by atoms with Crippen molar-refractivity contribution >= 4 is 0 Å². The molecule has 118 valence electrons. The van der Waals surface area contributed by atoms with E-state index < -0.39 is 23.7 Å². The van der Waals surface area contributed by atoms with Crippen LogP contribution in [0.1, 0.15) is 43.2 Å². The summed E-state index contributed by atoms with van der Waals surface area (Å²) < 4.78 is 51.2. The lowest BCUT2D eigenvalue weighted by Gasteiger charge is -2.22. The molecule has 1 aliphatic carbocycles. The molecule has 1 saturated carbocycles. The number of hydrogen-bond acceptors (Lipinski definition) is 2. The minimum atomic E-state index is -4.56. The molecule has 1 aromatic rings. The smallest absolute Gasteiger partial charge is 0.392 e. The van der Waals surface area contributed by atoms with E-state index in [1.165, 1.54) is 0 Å². The molecule has 1 aromatic carbocycles. The maximum atomic E-state index is 13.3. The van der Waals surface area contributed by atoms with Crippen molar-refractivity contribution in [2.45, 2.75) is 57.0 Å². The average Bonchev–Trinajstić information content (AvgIpc) is 2.59. The number of aliphatic hydroxyl groups is 1. The minimum Gasteiger partial charge on any atom is -0.392 e.